The molecular weight excluding hydrogens is 249 g/mol. The summed E-state index contributed by atoms with van der Waals surface area (Å²) in [4.78, 5) is 24.6. The van der Waals surface area contributed by atoms with Crippen molar-refractivity contribution in [1.82, 2.24) is 4.90 Å². The van der Waals surface area contributed by atoms with Crippen LogP contribution in [0.25, 0.3) is 0 Å². The molecule has 0 bridgehead atoms. The summed E-state index contributed by atoms with van der Waals surface area (Å²) in [6.07, 6.45) is 1.93. The van der Waals surface area contributed by atoms with Gasteiger partial charge in [-0.3, -0.25) is 4.79 Å². The number of rotatable bonds is 4. The summed E-state index contributed by atoms with van der Waals surface area (Å²) in [6.45, 7) is 3.95. The molecule has 5 heteroatoms. The van der Waals surface area contributed by atoms with Crippen LogP contribution in [0.3, 0.4) is 0 Å². The van der Waals surface area contributed by atoms with Crippen molar-refractivity contribution in [2.45, 2.75) is 12.5 Å². The topological polar surface area (TPSA) is 57.6 Å². The Balaban J connectivity index is 2.31. The molecule has 0 aromatic heterocycles. The Kier molecular flexibility index (Phi) is 3.64. The average Bonchev–Trinajstić information content (AvgIpc) is 2.73. The molecule has 1 saturated heterocycles. The second-order valence-electron chi connectivity index (χ2n) is 4.54. The highest BCUT2D eigenvalue weighted by Crippen LogP contribution is 2.29. The zero-order valence-electron chi connectivity index (χ0n) is 10.3. The van der Waals surface area contributed by atoms with Crippen LogP contribution in [-0.2, 0) is 9.59 Å². The number of hydrogen-bond donors (Lipinski definition) is 1. The van der Waals surface area contributed by atoms with E-state index in [0.29, 0.717) is 12.1 Å². The van der Waals surface area contributed by atoms with Gasteiger partial charge >= 0.3 is 5.97 Å². The van der Waals surface area contributed by atoms with Crippen molar-refractivity contribution >= 4 is 11.9 Å². The Morgan fingerprint density at radius 1 is 1.47 bits per heavy atom. The summed E-state index contributed by atoms with van der Waals surface area (Å²) in [7, 11) is 0. The normalized spacial score (nSPS) is 20.4. The molecule has 0 radical (unpaired) electrons. The van der Waals surface area contributed by atoms with Gasteiger partial charge in [0.1, 0.15) is 5.82 Å². The van der Waals surface area contributed by atoms with E-state index in [1.807, 2.05) is 0 Å². The number of halogens is 1. The van der Waals surface area contributed by atoms with Crippen LogP contribution < -0.4 is 0 Å². The van der Waals surface area contributed by atoms with Gasteiger partial charge in [0.25, 0.3) is 0 Å². The van der Waals surface area contributed by atoms with Crippen molar-refractivity contribution in [2.24, 2.45) is 5.92 Å². The summed E-state index contributed by atoms with van der Waals surface area (Å²) in [5.74, 6) is -1.81. The summed E-state index contributed by atoms with van der Waals surface area (Å²) in [6, 6.07) is 4.09. The van der Waals surface area contributed by atoms with Gasteiger partial charge in [0.05, 0.1) is 0 Å². The fourth-order valence-electron chi connectivity index (χ4n) is 2.27. The maximum atomic E-state index is 12.9. The van der Waals surface area contributed by atoms with E-state index in [9.17, 15) is 19.1 Å². The molecule has 0 saturated carbocycles. The highest BCUT2D eigenvalue weighted by molar-refractivity contribution is 5.86. The van der Waals surface area contributed by atoms with Gasteiger partial charge in [0.2, 0.25) is 5.91 Å². The molecule has 19 heavy (non-hydrogen) atoms. The molecule has 1 aliphatic rings. The third-order valence-corrected chi connectivity index (χ3v) is 3.25. The number of carbonyl (C=O) groups excluding carboxylic acids is 1. The number of carboxylic acid groups (broad SMARTS) is 1. The number of carboxylic acids is 1. The molecule has 2 rings (SSSR count). The SMILES string of the molecule is C=CC1CC(=O)N(C(C(=O)O)c2ccc(F)cc2)C1. The summed E-state index contributed by atoms with van der Waals surface area (Å²) in [5, 5.41) is 9.32. The van der Waals surface area contributed by atoms with Crippen molar-refractivity contribution < 1.29 is 19.1 Å². The van der Waals surface area contributed by atoms with E-state index < -0.39 is 17.8 Å². The highest BCUT2D eigenvalue weighted by Gasteiger charge is 2.37. The largest absolute Gasteiger partial charge is 0.479 e. The Bertz CT molecular complexity index is 512. The first-order chi connectivity index (χ1) is 9.02. The minimum atomic E-state index is -1.12. The van der Waals surface area contributed by atoms with Crippen LogP contribution in [0.15, 0.2) is 36.9 Å². The predicted octanol–water partition coefficient (Wildman–Crippen LogP) is 1.99. The van der Waals surface area contributed by atoms with Crippen LogP contribution in [0.5, 0.6) is 0 Å². The third kappa shape index (κ3) is 2.65. The fourth-order valence-corrected chi connectivity index (χ4v) is 2.27. The lowest BCUT2D eigenvalue weighted by molar-refractivity contribution is -0.148. The molecule has 4 nitrogen and oxygen atoms in total. The summed E-state index contributed by atoms with van der Waals surface area (Å²) >= 11 is 0. The van der Waals surface area contributed by atoms with E-state index in [1.54, 1.807) is 6.08 Å². The number of aliphatic carboxylic acids is 1. The molecule has 1 aromatic rings. The maximum absolute atomic E-state index is 12.9. The molecule has 2 unspecified atom stereocenters. The Labute approximate surface area is 110 Å². The molecule has 2 atom stereocenters. The zero-order valence-corrected chi connectivity index (χ0v) is 10.3. The molecule has 100 valence electrons. The quantitative estimate of drug-likeness (QED) is 0.845. The lowest BCUT2D eigenvalue weighted by Crippen LogP contribution is -2.35. The molecule has 0 aliphatic carbocycles. The van der Waals surface area contributed by atoms with Crippen LogP contribution >= 0.6 is 0 Å². The van der Waals surface area contributed by atoms with Crippen molar-refractivity contribution in [2.75, 3.05) is 6.54 Å². The van der Waals surface area contributed by atoms with E-state index in [0.717, 1.165) is 0 Å². The zero-order chi connectivity index (χ0) is 14.0. The number of benzene rings is 1. The van der Waals surface area contributed by atoms with Gasteiger partial charge < -0.3 is 10.0 Å². The second kappa shape index (κ2) is 5.22. The second-order valence-corrected chi connectivity index (χ2v) is 4.54. The third-order valence-electron chi connectivity index (χ3n) is 3.25. The number of amides is 1. The Morgan fingerprint density at radius 2 is 2.11 bits per heavy atom. The van der Waals surface area contributed by atoms with Gasteiger partial charge in [-0.1, -0.05) is 18.2 Å². The number of nitrogens with zero attached hydrogens (tertiary/aromatic N) is 1. The van der Waals surface area contributed by atoms with Crippen LogP contribution in [-0.4, -0.2) is 28.4 Å². The lowest BCUT2D eigenvalue weighted by atomic mass is 10.1. The number of likely N-dealkylation sites (tertiary alicyclic amines) is 1. The molecule has 1 amide bonds. The van der Waals surface area contributed by atoms with E-state index in [-0.39, 0.29) is 18.2 Å². The van der Waals surface area contributed by atoms with E-state index in [1.165, 1.54) is 29.2 Å². The summed E-state index contributed by atoms with van der Waals surface area (Å²) < 4.78 is 12.9. The smallest absolute Gasteiger partial charge is 0.331 e. The van der Waals surface area contributed by atoms with Gasteiger partial charge in [-0.15, -0.1) is 6.58 Å². The molecule has 0 spiro atoms. The average molecular weight is 263 g/mol. The molecule has 1 aromatic carbocycles. The van der Waals surface area contributed by atoms with E-state index in [2.05, 4.69) is 6.58 Å². The van der Waals surface area contributed by atoms with Gasteiger partial charge in [0.15, 0.2) is 6.04 Å². The highest BCUT2D eigenvalue weighted by atomic mass is 19.1. The van der Waals surface area contributed by atoms with Crippen LogP contribution in [0.4, 0.5) is 4.39 Å². The first-order valence-electron chi connectivity index (χ1n) is 5.93. The van der Waals surface area contributed by atoms with E-state index in [4.69, 9.17) is 0 Å². The van der Waals surface area contributed by atoms with Crippen molar-refractivity contribution in [3.63, 3.8) is 0 Å². The van der Waals surface area contributed by atoms with Gasteiger partial charge in [0, 0.05) is 18.9 Å². The first kappa shape index (κ1) is 13.3. The first-order valence-corrected chi connectivity index (χ1v) is 5.93. The van der Waals surface area contributed by atoms with Crippen LogP contribution in [0.2, 0.25) is 0 Å². The lowest BCUT2D eigenvalue weighted by Gasteiger charge is -2.24. The number of hydrogen-bond acceptors (Lipinski definition) is 2. The predicted molar refractivity (Wildman–Crippen MR) is 66.8 cm³/mol. The Morgan fingerprint density at radius 3 is 2.58 bits per heavy atom. The standard InChI is InChI=1S/C14H14FNO3/c1-2-9-7-12(17)16(8-9)13(14(18)19)10-3-5-11(15)6-4-10/h2-6,9,13H,1,7-8H2,(H,18,19). The molecular formula is C14H14FNO3. The molecule has 1 fully saturated rings. The summed E-state index contributed by atoms with van der Waals surface area (Å²) in [5.41, 5.74) is 0.395. The van der Waals surface area contributed by atoms with Crippen molar-refractivity contribution in [1.29, 1.82) is 0 Å². The fraction of sp³-hybridized carbons (Fsp3) is 0.286. The minimum absolute atomic E-state index is 0.0326. The minimum Gasteiger partial charge on any atom is -0.479 e. The van der Waals surface area contributed by atoms with Crippen molar-refractivity contribution in [3.05, 3.63) is 48.3 Å². The van der Waals surface area contributed by atoms with Crippen LogP contribution in [0.1, 0.15) is 18.0 Å². The monoisotopic (exact) mass is 263 g/mol. The van der Waals surface area contributed by atoms with E-state index >= 15 is 0 Å². The number of carbonyl (C=O) groups is 2. The maximum Gasteiger partial charge on any atom is 0.331 e. The molecule has 1 N–H and O–H groups in total. The van der Waals surface area contributed by atoms with Gasteiger partial charge in [-0.25, -0.2) is 9.18 Å². The van der Waals surface area contributed by atoms with Crippen LogP contribution in [0, 0.1) is 11.7 Å². The Hall–Kier alpha value is -2.17. The molecule has 1 heterocycles. The van der Waals surface area contributed by atoms with Gasteiger partial charge in [-0.05, 0) is 17.7 Å². The van der Waals surface area contributed by atoms with Gasteiger partial charge in [-0.2, -0.15) is 0 Å². The van der Waals surface area contributed by atoms with Crippen molar-refractivity contribution in [3.8, 4) is 0 Å². The molecule has 1 aliphatic heterocycles.